The monoisotopic (exact) mass is 604 g/mol. The van der Waals surface area contributed by atoms with Gasteiger partial charge in [-0.1, -0.05) is 6.58 Å². The lowest BCUT2D eigenvalue weighted by Crippen LogP contribution is -2.14. The van der Waals surface area contributed by atoms with Crippen molar-refractivity contribution in [1.82, 2.24) is 0 Å². The lowest BCUT2D eigenvalue weighted by atomic mass is 10.2. The largest absolute Gasteiger partial charge is 0.494 e. The first-order chi connectivity index (χ1) is 21.1. The van der Waals surface area contributed by atoms with Gasteiger partial charge < -0.3 is 43.0 Å². The van der Waals surface area contributed by atoms with E-state index in [0.29, 0.717) is 95.5 Å². The van der Waals surface area contributed by atoms with Gasteiger partial charge in [0.2, 0.25) is 0 Å². The van der Waals surface area contributed by atoms with Crippen LogP contribution in [0.5, 0.6) is 17.2 Å². The smallest absolute Gasteiger partial charge is 0.343 e. The average Bonchev–Trinajstić information content (AvgIpc) is 3.03. The third-order valence-corrected chi connectivity index (χ3v) is 5.69. The molecule has 0 aliphatic rings. The third-order valence-electron chi connectivity index (χ3n) is 5.69. The molecule has 0 radical (unpaired) electrons. The van der Waals surface area contributed by atoms with Crippen molar-refractivity contribution in [3.05, 3.63) is 66.7 Å². The van der Waals surface area contributed by atoms with Crippen molar-refractivity contribution in [3.8, 4) is 17.2 Å². The van der Waals surface area contributed by atoms with Crippen LogP contribution in [0.1, 0.15) is 36.0 Å². The molecule has 2 aromatic carbocycles. The molecule has 2 rings (SSSR count). The van der Waals surface area contributed by atoms with Gasteiger partial charge in [0.25, 0.3) is 0 Å². The number of hydrogen-bond acceptors (Lipinski definition) is 11. The van der Waals surface area contributed by atoms with Crippen LogP contribution in [0.3, 0.4) is 0 Å². The summed E-state index contributed by atoms with van der Waals surface area (Å²) in [6, 6.07) is 13.6. The Bertz CT molecular complexity index is 1010. The maximum atomic E-state index is 12.5. The van der Waals surface area contributed by atoms with Crippen LogP contribution >= 0.6 is 0 Å². The van der Waals surface area contributed by atoms with Crippen molar-refractivity contribution in [2.45, 2.75) is 25.7 Å². The van der Waals surface area contributed by atoms with Gasteiger partial charge in [0.1, 0.15) is 23.9 Å². The van der Waals surface area contributed by atoms with E-state index in [1.54, 1.807) is 48.5 Å². The normalized spacial score (nSPS) is 10.7. The molecule has 2 aromatic rings. The molecule has 0 saturated carbocycles. The van der Waals surface area contributed by atoms with E-state index in [1.165, 1.54) is 0 Å². The van der Waals surface area contributed by atoms with Gasteiger partial charge in [-0.15, -0.1) is 0 Å². The van der Waals surface area contributed by atoms with E-state index in [4.69, 9.17) is 43.0 Å². The summed E-state index contributed by atoms with van der Waals surface area (Å²) in [5.41, 5.74) is 0.416. The number of benzene rings is 2. The van der Waals surface area contributed by atoms with Crippen LogP contribution in [0, 0.1) is 0 Å². The van der Waals surface area contributed by atoms with Crippen molar-refractivity contribution < 1.29 is 52.6 Å². The minimum Gasteiger partial charge on any atom is -0.494 e. The molecule has 1 N–H and O–H groups in total. The minimum absolute atomic E-state index is 0.0101. The first-order valence-electron chi connectivity index (χ1n) is 14.5. The van der Waals surface area contributed by atoms with Crippen molar-refractivity contribution >= 4 is 11.9 Å². The third kappa shape index (κ3) is 17.9. The van der Waals surface area contributed by atoms with Crippen LogP contribution < -0.4 is 14.2 Å². The molecule has 0 spiro atoms. The number of hydrogen-bond donors (Lipinski definition) is 1. The fourth-order valence-electron chi connectivity index (χ4n) is 3.48. The topological polar surface area (TPSA) is 128 Å². The highest BCUT2D eigenvalue weighted by Crippen LogP contribution is 2.20. The quantitative estimate of drug-likeness (QED) is 0.0724. The van der Waals surface area contributed by atoms with E-state index in [1.807, 2.05) is 0 Å². The van der Waals surface area contributed by atoms with Crippen molar-refractivity contribution in [2.24, 2.45) is 0 Å². The van der Waals surface area contributed by atoms with E-state index in [-0.39, 0.29) is 6.61 Å². The highest BCUT2D eigenvalue weighted by atomic mass is 16.6. The van der Waals surface area contributed by atoms with E-state index >= 15 is 0 Å². The van der Waals surface area contributed by atoms with E-state index in [2.05, 4.69) is 6.58 Å². The van der Waals surface area contributed by atoms with Crippen molar-refractivity contribution in [2.75, 3.05) is 79.3 Å². The zero-order valence-electron chi connectivity index (χ0n) is 24.7. The van der Waals surface area contributed by atoms with Crippen LogP contribution in [0.15, 0.2) is 61.2 Å². The number of unbranched alkanes of at least 4 members (excludes halogenated alkanes) is 3. The maximum absolute atomic E-state index is 12.5. The van der Waals surface area contributed by atoms with Gasteiger partial charge in [0.15, 0.2) is 0 Å². The number of rotatable bonds is 26. The van der Waals surface area contributed by atoms with Gasteiger partial charge >= 0.3 is 11.9 Å². The summed E-state index contributed by atoms with van der Waals surface area (Å²) in [6.45, 7) is 8.20. The number of aliphatic hydroxyl groups is 1. The second-order valence-electron chi connectivity index (χ2n) is 9.04. The summed E-state index contributed by atoms with van der Waals surface area (Å²) in [4.78, 5) is 23.5. The zero-order chi connectivity index (χ0) is 30.8. The molecule has 0 heterocycles. The van der Waals surface area contributed by atoms with Crippen LogP contribution in [0.25, 0.3) is 0 Å². The fraction of sp³-hybridized carbons (Fsp3) is 0.500. The fourth-order valence-corrected chi connectivity index (χ4v) is 3.48. The molecule has 0 aromatic heterocycles. The molecular formula is C32H44O11. The zero-order valence-corrected chi connectivity index (χ0v) is 24.7. The number of carbonyl (C=O) groups is 2. The summed E-state index contributed by atoms with van der Waals surface area (Å²) >= 11 is 0. The minimum atomic E-state index is -0.466. The molecule has 0 atom stereocenters. The van der Waals surface area contributed by atoms with Gasteiger partial charge in [-0.25, -0.2) is 9.59 Å². The molecular weight excluding hydrogens is 560 g/mol. The van der Waals surface area contributed by atoms with Crippen LogP contribution in [-0.2, 0) is 28.5 Å². The molecule has 0 bridgehead atoms. The Morgan fingerprint density at radius 2 is 1.05 bits per heavy atom. The molecule has 0 aliphatic carbocycles. The summed E-state index contributed by atoms with van der Waals surface area (Å²) < 4.78 is 43.1. The Hall–Kier alpha value is -3.48. The Balaban J connectivity index is 1.50. The van der Waals surface area contributed by atoms with Crippen LogP contribution in [-0.4, -0.2) is 96.3 Å². The van der Waals surface area contributed by atoms with Crippen LogP contribution in [0.2, 0.25) is 0 Å². The molecule has 11 heteroatoms. The van der Waals surface area contributed by atoms with Crippen molar-refractivity contribution in [3.63, 3.8) is 0 Å². The lowest BCUT2D eigenvalue weighted by Gasteiger charge is -2.10. The Morgan fingerprint density at radius 3 is 1.60 bits per heavy atom. The summed E-state index contributed by atoms with van der Waals surface area (Å²) in [6.07, 6.45) is 4.75. The predicted molar refractivity (Wildman–Crippen MR) is 159 cm³/mol. The lowest BCUT2D eigenvalue weighted by molar-refractivity contribution is -0.137. The van der Waals surface area contributed by atoms with E-state index in [9.17, 15) is 9.59 Å². The van der Waals surface area contributed by atoms with Gasteiger partial charge in [-0.3, -0.25) is 0 Å². The second-order valence-corrected chi connectivity index (χ2v) is 9.04. The number of carbonyl (C=O) groups excluding carboxylic acids is 2. The molecule has 238 valence electrons. The number of ether oxygens (including phenoxy) is 8. The first kappa shape index (κ1) is 35.7. The molecule has 0 aliphatic heterocycles. The van der Waals surface area contributed by atoms with Gasteiger partial charge in [-0.05, 0) is 74.2 Å². The molecule has 11 nitrogen and oxygen atoms in total. The van der Waals surface area contributed by atoms with E-state index < -0.39 is 11.9 Å². The highest BCUT2D eigenvalue weighted by molar-refractivity contribution is 5.91. The molecule has 0 amide bonds. The molecule has 43 heavy (non-hydrogen) atoms. The standard InChI is InChI=1S/C32H44O11/c1-2-31(34)42-17-6-4-3-5-16-40-28-9-7-27(8-10-28)32(35)43-30-13-11-29(12-14-30)41-26-25-39-24-23-38-22-21-37-20-19-36-18-15-33/h2,7-14,33H,1,3-6,15-26H2. The molecule has 0 unspecified atom stereocenters. The summed E-state index contributed by atoms with van der Waals surface area (Å²) in [7, 11) is 0. The molecule has 0 fully saturated rings. The Kier molecular flexibility index (Phi) is 19.9. The summed E-state index contributed by atoms with van der Waals surface area (Å²) in [5.74, 6) is 0.862. The molecule has 0 saturated heterocycles. The Labute approximate surface area is 253 Å². The van der Waals surface area contributed by atoms with Crippen molar-refractivity contribution in [1.29, 1.82) is 0 Å². The Morgan fingerprint density at radius 1 is 0.581 bits per heavy atom. The van der Waals surface area contributed by atoms with Gasteiger partial charge in [-0.2, -0.15) is 0 Å². The highest BCUT2D eigenvalue weighted by Gasteiger charge is 2.09. The van der Waals surface area contributed by atoms with Gasteiger partial charge in [0, 0.05) is 6.08 Å². The second kappa shape index (κ2) is 24.0. The first-order valence-corrected chi connectivity index (χ1v) is 14.5. The van der Waals surface area contributed by atoms with E-state index in [0.717, 1.165) is 31.8 Å². The SMILES string of the molecule is C=CC(=O)OCCCCCCOc1ccc(C(=O)Oc2ccc(OCCOCCOCCOCCOCCO)cc2)cc1. The van der Waals surface area contributed by atoms with Gasteiger partial charge in [0.05, 0.1) is 78.2 Å². The average molecular weight is 605 g/mol. The predicted octanol–water partition coefficient (Wildman–Crippen LogP) is 4.01. The maximum Gasteiger partial charge on any atom is 0.343 e. The number of aliphatic hydroxyl groups excluding tert-OH is 1. The van der Waals surface area contributed by atoms with Crippen LogP contribution in [0.4, 0.5) is 0 Å². The number of esters is 2. The summed E-state index contributed by atoms with van der Waals surface area (Å²) in [5, 5.41) is 8.59.